The van der Waals surface area contributed by atoms with Crippen molar-refractivity contribution in [2.75, 3.05) is 33.4 Å². The Morgan fingerprint density at radius 1 is 0.885 bits per heavy atom. The smallest absolute Gasteiger partial charge is 0.317 e. The second-order valence-corrected chi connectivity index (χ2v) is 7.32. The molecule has 26 heavy (non-hydrogen) atoms. The van der Waals surface area contributed by atoms with Gasteiger partial charge in [0.1, 0.15) is 0 Å². The molecule has 0 aliphatic carbocycles. The standard InChI is InChI=1S/C21H44N2O3/c1-4-6-8-10-12-14-16-23(17-15-13-11-9-7-5-2)21(25)22-18-20(24)19-26-3/h20,24H,4-19H2,1-3H3,(H,22,25). The van der Waals surface area contributed by atoms with Crippen LogP contribution in [-0.2, 0) is 4.74 Å². The number of nitrogens with zero attached hydrogens (tertiary/aromatic N) is 1. The number of rotatable bonds is 18. The van der Waals surface area contributed by atoms with Gasteiger partial charge < -0.3 is 20.1 Å². The first-order chi connectivity index (χ1) is 12.7. The van der Waals surface area contributed by atoms with E-state index in [-0.39, 0.29) is 19.2 Å². The summed E-state index contributed by atoms with van der Waals surface area (Å²) < 4.78 is 4.90. The second-order valence-electron chi connectivity index (χ2n) is 7.32. The van der Waals surface area contributed by atoms with Crippen molar-refractivity contribution in [1.82, 2.24) is 10.2 Å². The van der Waals surface area contributed by atoms with Crippen molar-refractivity contribution >= 4 is 6.03 Å². The maximum Gasteiger partial charge on any atom is 0.317 e. The molecular formula is C21H44N2O3. The fourth-order valence-electron chi connectivity index (χ4n) is 3.05. The minimum atomic E-state index is -0.645. The molecule has 0 bridgehead atoms. The Kier molecular flexibility index (Phi) is 18.4. The molecule has 0 aromatic rings. The fourth-order valence-corrected chi connectivity index (χ4v) is 3.05. The topological polar surface area (TPSA) is 61.8 Å². The van der Waals surface area contributed by atoms with Crippen LogP contribution >= 0.6 is 0 Å². The van der Waals surface area contributed by atoms with Crippen molar-refractivity contribution in [3.05, 3.63) is 0 Å². The number of unbranched alkanes of at least 4 members (excludes halogenated alkanes) is 10. The molecule has 0 aliphatic rings. The lowest BCUT2D eigenvalue weighted by atomic mass is 10.1. The van der Waals surface area contributed by atoms with E-state index in [1.54, 1.807) is 7.11 Å². The van der Waals surface area contributed by atoms with Crippen LogP contribution in [0.5, 0.6) is 0 Å². The summed E-state index contributed by atoms with van der Waals surface area (Å²) in [6.45, 7) is 6.57. The first kappa shape index (κ1) is 25.2. The van der Waals surface area contributed by atoms with Gasteiger partial charge in [0, 0.05) is 26.7 Å². The maximum absolute atomic E-state index is 12.4. The van der Waals surface area contributed by atoms with Crippen molar-refractivity contribution in [1.29, 1.82) is 0 Å². The van der Waals surface area contributed by atoms with Crippen molar-refractivity contribution < 1.29 is 14.6 Å². The third-order valence-electron chi connectivity index (χ3n) is 4.70. The molecule has 0 aromatic heterocycles. The molecule has 0 fully saturated rings. The zero-order chi connectivity index (χ0) is 19.5. The molecule has 5 heteroatoms. The van der Waals surface area contributed by atoms with Gasteiger partial charge in [-0.15, -0.1) is 0 Å². The van der Waals surface area contributed by atoms with Gasteiger partial charge in [0.05, 0.1) is 12.7 Å². The average molecular weight is 373 g/mol. The molecule has 2 N–H and O–H groups in total. The van der Waals surface area contributed by atoms with E-state index in [2.05, 4.69) is 19.2 Å². The van der Waals surface area contributed by atoms with Crippen LogP contribution in [0.15, 0.2) is 0 Å². The zero-order valence-electron chi connectivity index (χ0n) is 17.6. The van der Waals surface area contributed by atoms with Crippen molar-refractivity contribution in [3.63, 3.8) is 0 Å². The average Bonchev–Trinajstić information content (AvgIpc) is 2.63. The Balaban J connectivity index is 4.14. The van der Waals surface area contributed by atoms with Gasteiger partial charge in [0.25, 0.3) is 0 Å². The summed E-state index contributed by atoms with van der Waals surface area (Å²) in [5.74, 6) is 0. The van der Waals surface area contributed by atoms with E-state index >= 15 is 0 Å². The summed E-state index contributed by atoms with van der Waals surface area (Å²) >= 11 is 0. The van der Waals surface area contributed by atoms with Crippen LogP contribution in [0.4, 0.5) is 4.79 Å². The fraction of sp³-hybridized carbons (Fsp3) is 0.952. The number of carbonyl (C=O) groups is 1. The number of carbonyl (C=O) groups excluding carboxylic acids is 1. The first-order valence-electron chi connectivity index (χ1n) is 10.8. The minimum absolute atomic E-state index is 0.0535. The molecule has 0 saturated carbocycles. The molecule has 156 valence electrons. The molecule has 1 unspecified atom stereocenters. The third kappa shape index (κ3) is 15.4. The number of aliphatic hydroxyl groups is 1. The van der Waals surface area contributed by atoms with Gasteiger partial charge in [-0.25, -0.2) is 4.79 Å². The predicted octanol–water partition coefficient (Wildman–Crippen LogP) is 4.73. The van der Waals surface area contributed by atoms with E-state index in [0.717, 1.165) is 25.9 Å². The van der Waals surface area contributed by atoms with Gasteiger partial charge in [-0.1, -0.05) is 78.1 Å². The Morgan fingerprint density at radius 2 is 1.35 bits per heavy atom. The molecule has 0 saturated heterocycles. The van der Waals surface area contributed by atoms with Crippen LogP contribution < -0.4 is 5.32 Å². The van der Waals surface area contributed by atoms with E-state index in [0.29, 0.717) is 0 Å². The molecule has 5 nitrogen and oxygen atoms in total. The Morgan fingerprint density at radius 3 is 1.81 bits per heavy atom. The SMILES string of the molecule is CCCCCCCCN(CCCCCCCC)C(=O)NCC(O)COC. The second kappa shape index (κ2) is 19.0. The molecule has 0 aliphatic heterocycles. The largest absolute Gasteiger partial charge is 0.389 e. The lowest BCUT2D eigenvalue weighted by Crippen LogP contribution is -2.44. The predicted molar refractivity (Wildman–Crippen MR) is 110 cm³/mol. The number of amides is 2. The van der Waals surface area contributed by atoms with Gasteiger partial charge in [0.15, 0.2) is 0 Å². The highest BCUT2D eigenvalue weighted by Crippen LogP contribution is 2.09. The lowest BCUT2D eigenvalue weighted by Gasteiger charge is -2.24. The zero-order valence-corrected chi connectivity index (χ0v) is 17.6. The van der Waals surface area contributed by atoms with E-state index < -0.39 is 6.10 Å². The van der Waals surface area contributed by atoms with Crippen LogP contribution in [-0.4, -0.2) is 55.5 Å². The number of methoxy groups -OCH3 is 1. The van der Waals surface area contributed by atoms with Crippen molar-refractivity contribution in [3.8, 4) is 0 Å². The Hall–Kier alpha value is -0.810. The Labute approximate surface area is 161 Å². The summed E-state index contributed by atoms with van der Waals surface area (Å²) in [6, 6.07) is -0.0535. The third-order valence-corrected chi connectivity index (χ3v) is 4.70. The van der Waals surface area contributed by atoms with E-state index in [1.165, 1.54) is 64.2 Å². The Bertz CT molecular complexity index is 298. The van der Waals surface area contributed by atoms with Crippen LogP contribution in [0, 0.1) is 0 Å². The lowest BCUT2D eigenvalue weighted by molar-refractivity contribution is 0.0648. The van der Waals surface area contributed by atoms with E-state index in [4.69, 9.17) is 4.74 Å². The van der Waals surface area contributed by atoms with Crippen molar-refractivity contribution in [2.45, 2.75) is 97.0 Å². The van der Waals surface area contributed by atoms with E-state index in [1.807, 2.05) is 4.90 Å². The summed E-state index contributed by atoms with van der Waals surface area (Å²) in [5, 5.41) is 12.6. The van der Waals surface area contributed by atoms with Gasteiger partial charge in [-0.05, 0) is 12.8 Å². The van der Waals surface area contributed by atoms with Crippen molar-refractivity contribution in [2.24, 2.45) is 0 Å². The van der Waals surface area contributed by atoms with Crippen LogP contribution in [0.2, 0.25) is 0 Å². The first-order valence-corrected chi connectivity index (χ1v) is 10.8. The number of nitrogens with one attached hydrogen (secondary N) is 1. The number of urea groups is 1. The summed E-state index contributed by atoms with van der Waals surface area (Å²) in [7, 11) is 1.55. The maximum atomic E-state index is 12.4. The molecule has 0 radical (unpaired) electrons. The summed E-state index contributed by atoms with van der Waals surface area (Å²) in [6.07, 6.45) is 14.1. The molecule has 2 amide bonds. The van der Waals surface area contributed by atoms with Crippen LogP contribution in [0.1, 0.15) is 90.9 Å². The van der Waals surface area contributed by atoms with E-state index in [9.17, 15) is 9.90 Å². The number of hydrogen-bond acceptors (Lipinski definition) is 3. The number of aliphatic hydroxyl groups excluding tert-OH is 1. The molecule has 0 rings (SSSR count). The number of ether oxygens (including phenoxy) is 1. The van der Waals surface area contributed by atoms with Gasteiger partial charge in [-0.3, -0.25) is 0 Å². The molecule has 0 heterocycles. The molecule has 0 spiro atoms. The van der Waals surface area contributed by atoms with Gasteiger partial charge >= 0.3 is 6.03 Å². The molecular weight excluding hydrogens is 328 g/mol. The molecule has 1 atom stereocenters. The number of hydrogen-bond donors (Lipinski definition) is 2. The highest BCUT2D eigenvalue weighted by molar-refractivity contribution is 5.74. The van der Waals surface area contributed by atoms with Gasteiger partial charge in [0.2, 0.25) is 0 Å². The van der Waals surface area contributed by atoms with Crippen LogP contribution in [0.25, 0.3) is 0 Å². The monoisotopic (exact) mass is 372 g/mol. The molecule has 0 aromatic carbocycles. The summed E-state index contributed by atoms with van der Waals surface area (Å²) in [5.41, 5.74) is 0. The highest BCUT2D eigenvalue weighted by Gasteiger charge is 2.14. The summed E-state index contributed by atoms with van der Waals surface area (Å²) in [4.78, 5) is 14.4. The van der Waals surface area contributed by atoms with Crippen LogP contribution in [0.3, 0.4) is 0 Å². The highest BCUT2D eigenvalue weighted by atomic mass is 16.5. The van der Waals surface area contributed by atoms with Gasteiger partial charge in [-0.2, -0.15) is 0 Å². The minimum Gasteiger partial charge on any atom is -0.389 e. The quantitative estimate of drug-likeness (QED) is 0.342. The normalized spacial score (nSPS) is 12.2.